The Morgan fingerprint density at radius 2 is 1.81 bits per heavy atom. The average Bonchev–Trinajstić information content (AvgIpc) is 2.06. The molecule has 16 heavy (non-hydrogen) atoms. The van der Waals surface area contributed by atoms with Crippen molar-refractivity contribution in [3.8, 4) is 0 Å². The molecule has 0 atom stereocenters. The molecule has 0 heterocycles. The summed E-state index contributed by atoms with van der Waals surface area (Å²) in [5, 5.41) is 8.29. The smallest absolute Gasteiger partial charge is 0.338 e. The zero-order valence-corrected chi connectivity index (χ0v) is 8.99. The predicted molar refractivity (Wildman–Crippen MR) is 50.0 cm³/mol. The summed E-state index contributed by atoms with van der Waals surface area (Å²) < 4.78 is 55.7. The average molecular weight is 263 g/mol. The van der Waals surface area contributed by atoms with Gasteiger partial charge in [0.2, 0.25) is 10.0 Å². The zero-order chi connectivity index (χ0) is 12.8. The van der Waals surface area contributed by atoms with Crippen LogP contribution >= 0.6 is 0 Å². The minimum absolute atomic E-state index is 0.0400. The van der Waals surface area contributed by atoms with Gasteiger partial charge in [-0.05, 0) is 6.42 Å². The van der Waals surface area contributed by atoms with Crippen LogP contribution in [-0.4, -0.2) is 39.5 Å². The van der Waals surface area contributed by atoms with E-state index in [-0.39, 0.29) is 18.7 Å². The van der Waals surface area contributed by atoms with Crippen LogP contribution in [-0.2, 0) is 10.0 Å². The second kappa shape index (κ2) is 5.89. The number of carbonyl (C=O) groups is 1. The van der Waals surface area contributed by atoms with Crippen molar-refractivity contribution in [2.45, 2.75) is 12.6 Å². The number of primary sulfonamides is 1. The zero-order valence-electron chi connectivity index (χ0n) is 8.17. The molecule has 0 bridgehead atoms. The molecule has 0 aliphatic carbocycles. The molecule has 0 fully saturated rings. The first kappa shape index (κ1) is 15.0. The molecule has 2 amide bonds. The molecule has 0 aliphatic rings. The van der Waals surface area contributed by atoms with E-state index in [2.05, 4.69) is 10.5 Å². The lowest BCUT2D eigenvalue weighted by molar-refractivity contribution is -0.122. The summed E-state index contributed by atoms with van der Waals surface area (Å²) in [5.74, 6) is -0.341. The van der Waals surface area contributed by atoms with E-state index in [0.717, 1.165) is 0 Å². The molecule has 0 spiro atoms. The number of carbonyl (C=O) groups excluding carboxylic acids is 1. The lowest BCUT2D eigenvalue weighted by Crippen LogP contribution is -2.41. The molecule has 10 heteroatoms. The van der Waals surface area contributed by atoms with Crippen molar-refractivity contribution in [1.82, 2.24) is 10.6 Å². The Bertz CT molecular complexity index is 328. The highest BCUT2D eigenvalue weighted by Crippen LogP contribution is 2.11. The van der Waals surface area contributed by atoms with Crippen molar-refractivity contribution in [1.29, 1.82) is 0 Å². The molecule has 4 N–H and O–H groups in total. The SMILES string of the molecule is NS(=O)(=O)CCCNC(=O)NCC(F)(F)F. The van der Waals surface area contributed by atoms with E-state index in [1.54, 1.807) is 5.32 Å². The van der Waals surface area contributed by atoms with Gasteiger partial charge in [-0.15, -0.1) is 0 Å². The number of nitrogens with one attached hydrogen (secondary N) is 2. The van der Waals surface area contributed by atoms with E-state index in [4.69, 9.17) is 0 Å². The number of nitrogens with two attached hydrogens (primary N) is 1. The predicted octanol–water partition coefficient (Wildman–Crippen LogP) is -0.474. The first-order valence-corrected chi connectivity index (χ1v) is 5.90. The molecule has 0 unspecified atom stereocenters. The highest BCUT2D eigenvalue weighted by Gasteiger charge is 2.27. The van der Waals surface area contributed by atoms with Gasteiger partial charge in [0.25, 0.3) is 0 Å². The van der Waals surface area contributed by atoms with Crippen molar-refractivity contribution >= 4 is 16.1 Å². The minimum Gasteiger partial charge on any atom is -0.338 e. The number of hydrogen-bond donors (Lipinski definition) is 3. The summed E-state index contributed by atoms with van der Waals surface area (Å²) in [4.78, 5) is 10.7. The summed E-state index contributed by atoms with van der Waals surface area (Å²) in [6.45, 7) is -1.51. The van der Waals surface area contributed by atoms with Crippen molar-refractivity contribution in [2.75, 3.05) is 18.8 Å². The van der Waals surface area contributed by atoms with Crippen LogP contribution in [0, 0.1) is 0 Å². The Morgan fingerprint density at radius 1 is 1.25 bits per heavy atom. The highest BCUT2D eigenvalue weighted by atomic mass is 32.2. The van der Waals surface area contributed by atoms with Gasteiger partial charge in [0.05, 0.1) is 5.75 Å². The molecule has 0 aromatic rings. The standard InChI is InChI=1S/C6H12F3N3O3S/c7-6(8,9)4-12-5(13)11-2-1-3-16(10,14)15/h1-4H2,(H2,10,14,15)(H2,11,12,13). The maximum absolute atomic E-state index is 11.6. The Kier molecular flexibility index (Phi) is 5.51. The van der Waals surface area contributed by atoms with Gasteiger partial charge in [0.15, 0.2) is 0 Å². The van der Waals surface area contributed by atoms with Crippen LogP contribution in [0.2, 0.25) is 0 Å². The van der Waals surface area contributed by atoms with Gasteiger partial charge in [-0.3, -0.25) is 0 Å². The third kappa shape index (κ3) is 11.0. The summed E-state index contributed by atoms with van der Waals surface area (Å²) in [7, 11) is -3.61. The number of urea groups is 1. The largest absolute Gasteiger partial charge is 0.405 e. The van der Waals surface area contributed by atoms with Crippen LogP contribution in [0.4, 0.5) is 18.0 Å². The molecule has 0 saturated heterocycles. The third-order valence-electron chi connectivity index (χ3n) is 1.34. The lowest BCUT2D eigenvalue weighted by Gasteiger charge is -2.09. The molecule has 0 aromatic heterocycles. The topological polar surface area (TPSA) is 101 Å². The maximum atomic E-state index is 11.6. The van der Waals surface area contributed by atoms with Crippen molar-refractivity contribution in [2.24, 2.45) is 5.14 Å². The fourth-order valence-electron chi connectivity index (χ4n) is 0.718. The van der Waals surface area contributed by atoms with E-state index in [1.807, 2.05) is 0 Å². The normalized spacial score (nSPS) is 12.2. The Hall–Kier alpha value is -1.03. The van der Waals surface area contributed by atoms with Gasteiger partial charge in [0, 0.05) is 6.54 Å². The van der Waals surface area contributed by atoms with Gasteiger partial charge in [0.1, 0.15) is 6.54 Å². The number of halogens is 3. The molecule has 96 valence electrons. The van der Waals surface area contributed by atoms with E-state index < -0.39 is 28.8 Å². The van der Waals surface area contributed by atoms with Crippen LogP contribution in [0.15, 0.2) is 0 Å². The van der Waals surface area contributed by atoms with Crippen LogP contribution in [0.1, 0.15) is 6.42 Å². The van der Waals surface area contributed by atoms with Gasteiger partial charge in [-0.25, -0.2) is 18.4 Å². The maximum Gasteiger partial charge on any atom is 0.405 e. The molecule has 0 rings (SSSR count). The molecule has 0 aliphatic heterocycles. The molecular weight excluding hydrogens is 251 g/mol. The van der Waals surface area contributed by atoms with Gasteiger partial charge < -0.3 is 10.6 Å². The molecule has 6 nitrogen and oxygen atoms in total. The molecule has 0 saturated carbocycles. The Labute approximate surface area is 90.4 Å². The summed E-state index contributed by atoms with van der Waals surface area (Å²) >= 11 is 0. The molecule has 0 radical (unpaired) electrons. The number of alkyl halides is 3. The van der Waals surface area contributed by atoms with Gasteiger partial charge in [-0.2, -0.15) is 13.2 Å². The minimum atomic E-state index is -4.47. The van der Waals surface area contributed by atoms with Crippen molar-refractivity contribution in [3.63, 3.8) is 0 Å². The van der Waals surface area contributed by atoms with E-state index in [0.29, 0.717) is 0 Å². The fraction of sp³-hybridized carbons (Fsp3) is 0.833. The van der Waals surface area contributed by atoms with E-state index >= 15 is 0 Å². The summed E-state index contributed by atoms with van der Waals surface area (Å²) in [5.41, 5.74) is 0. The Morgan fingerprint density at radius 3 is 2.25 bits per heavy atom. The van der Waals surface area contributed by atoms with Crippen molar-refractivity contribution < 1.29 is 26.4 Å². The van der Waals surface area contributed by atoms with Crippen molar-refractivity contribution in [3.05, 3.63) is 0 Å². The monoisotopic (exact) mass is 263 g/mol. The van der Waals surface area contributed by atoms with Gasteiger partial charge >= 0.3 is 12.2 Å². The highest BCUT2D eigenvalue weighted by molar-refractivity contribution is 7.89. The van der Waals surface area contributed by atoms with Crippen LogP contribution < -0.4 is 15.8 Å². The summed E-state index contributed by atoms with van der Waals surface area (Å²) in [6.07, 6.45) is -4.43. The quantitative estimate of drug-likeness (QED) is 0.584. The number of amides is 2. The first-order valence-electron chi connectivity index (χ1n) is 4.19. The Balaban J connectivity index is 3.60. The molecule has 0 aromatic carbocycles. The molecular formula is C6H12F3N3O3S. The number of sulfonamides is 1. The third-order valence-corrected chi connectivity index (χ3v) is 2.20. The first-order chi connectivity index (χ1) is 7.10. The second-order valence-electron chi connectivity index (χ2n) is 2.95. The van der Waals surface area contributed by atoms with Gasteiger partial charge in [-0.1, -0.05) is 0 Å². The van der Waals surface area contributed by atoms with Crippen LogP contribution in [0.3, 0.4) is 0 Å². The number of hydrogen-bond acceptors (Lipinski definition) is 3. The van der Waals surface area contributed by atoms with Crippen LogP contribution in [0.25, 0.3) is 0 Å². The number of rotatable bonds is 5. The second-order valence-corrected chi connectivity index (χ2v) is 4.68. The fourth-order valence-corrected chi connectivity index (χ4v) is 1.26. The van der Waals surface area contributed by atoms with Crippen LogP contribution in [0.5, 0.6) is 0 Å². The lowest BCUT2D eigenvalue weighted by atomic mass is 10.5. The van der Waals surface area contributed by atoms with E-state index in [1.165, 1.54) is 0 Å². The van der Waals surface area contributed by atoms with E-state index in [9.17, 15) is 26.4 Å². The summed E-state index contributed by atoms with van der Waals surface area (Å²) in [6, 6.07) is -1.01.